The number of phenols is 1. The van der Waals surface area contributed by atoms with Gasteiger partial charge in [-0.15, -0.1) is 0 Å². The number of methoxy groups -OCH3 is 1. The first kappa shape index (κ1) is 30.5. The lowest BCUT2D eigenvalue weighted by molar-refractivity contribution is -0.144. The van der Waals surface area contributed by atoms with E-state index >= 15 is 9.59 Å². The third-order valence-electron chi connectivity index (χ3n) is 11.9. The second-order valence-corrected chi connectivity index (χ2v) is 14.0. The van der Waals surface area contributed by atoms with Crippen LogP contribution in [0.3, 0.4) is 0 Å². The highest BCUT2D eigenvalue weighted by atomic mass is 16.5. The van der Waals surface area contributed by atoms with Gasteiger partial charge in [0.2, 0.25) is 11.8 Å². The van der Waals surface area contributed by atoms with Crippen molar-refractivity contribution in [2.24, 2.45) is 23.7 Å². The molecule has 0 radical (unpaired) electrons. The van der Waals surface area contributed by atoms with E-state index in [1.807, 2.05) is 66.7 Å². The summed E-state index contributed by atoms with van der Waals surface area (Å²) < 4.78 is 5.55. The zero-order chi connectivity index (χ0) is 33.2. The summed E-state index contributed by atoms with van der Waals surface area (Å²) in [4.78, 5) is 60.2. The molecule has 7 nitrogen and oxygen atoms in total. The minimum atomic E-state index is -1.40. The summed E-state index contributed by atoms with van der Waals surface area (Å²) in [7, 11) is 1.48. The van der Waals surface area contributed by atoms with Crippen LogP contribution in [0.5, 0.6) is 11.5 Å². The molecule has 1 saturated heterocycles. The number of hydrogen-bond donors (Lipinski definition) is 1. The van der Waals surface area contributed by atoms with Crippen molar-refractivity contribution in [2.75, 3.05) is 7.11 Å². The number of aromatic hydroxyl groups is 1. The van der Waals surface area contributed by atoms with Crippen LogP contribution in [-0.4, -0.2) is 46.5 Å². The number of fused-ring (bicyclic) bond motifs is 4. The molecule has 0 bridgehead atoms. The molecule has 7 heteroatoms. The number of Topliss-reactive ketones (excluding diaryl/α,β-unsaturated/α-hetero) is 1. The van der Waals surface area contributed by atoms with Crippen LogP contribution in [0.1, 0.15) is 67.6 Å². The number of nitrogens with zero attached hydrogens (tertiary/aromatic N) is 1. The maximum absolute atomic E-state index is 15.1. The van der Waals surface area contributed by atoms with Gasteiger partial charge in [-0.05, 0) is 54.9 Å². The number of carbonyl (C=O) groups excluding carboxylic acids is 4. The van der Waals surface area contributed by atoms with E-state index in [1.165, 1.54) is 13.2 Å². The monoisotopic (exact) mass is 641 g/mol. The molecule has 8 rings (SSSR count). The normalized spacial score (nSPS) is 30.3. The predicted molar refractivity (Wildman–Crippen MR) is 180 cm³/mol. The average Bonchev–Trinajstić information content (AvgIpc) is 3.39. The third-order valence-corrected chi connectivity index (χ3v) is 11.9. The molecule has 3 fully saturated rings. The van der Waals surface area contributed by atoms with Crippen molar-refractivity contribution in [1.82, 2.24) is 4.90 Å². The Morgan fingerprint density at radius 1 is 0.812 bits per heavy atom. The minimum Gasteiger partial charge on any atom is -0.504 e. The van der Waals surface area contributed by atoms with Crippen molar-refractivity contribution < 1.29 is 29.0 Å². The van der Waals surface area contributed by atoms with Gasteiger partial charge < -0.3 is 9.84 Å². The molecular formula is C41H39NO6. The quantitative estimate of drug-likeness (QED) is 0.250. The molecular weight excluding hydrogens is 602 g/mol. The number of carbonyl (C=O) groups is 4. The molecule has 5 aliphatic rings. The number of amides is 2. The van der Waals surface area contributed by atoms with Crippen molar-refractivity contribution in [3.8, 4) is 11.5 Å². The molecule has 6 atom stereocenters. The minimum absolute atomic E-state index is 0.0940. The lowest BCUT2D eigenvalue weighted by Gasteiger charge is -2.55. The SMILES string of the molecule is COc1cccc(C2C3=CCC4C(=O)N(C5CCCCC5)C(=O)C4C3CC3C(=O)C(c4ccccc4)=CC(=O)C32c2ccccc2)c1O. The van der Waals surface area contributed by atoms with E-state index in [-0.39, 0.29) is 47.3 Å². The standard InChI is InChI=1S/C41H39NO6/c1-48-33-19-11-18-29(38(33)45)36-27-20-21-28-35(40(47)42(39(28)46)26-16-9-4-10-17-26)31(27)22-32-37(44)30(24-12-5-2-6-13-24)23-34(43)41(32,36)25-14-7-3-8-15-25/h2-3,5-8,11-15,18-20,23,26,28,31-32,35-36,45H,4,9-10,16-17,21-22H2,1H3. The summed E-state index contributed by atoms with van der Waals surface area (Å²) in [6.07, 6.45) is 8.88. The van der Waals surface area contributed by atoms with Crippen LogP contribution in [0.4, 0.5) is 0 Å². The lowest BCUT2D eigenvalue weighted by atomic mass is 9.44. The fourth-order valence-electron chi connectivity index (χ4n) is 9.88. The van der Waals surface area contributed by atoms with Gasteiger partial charge in [-0.2, -0.15) is 0 Å². The fraction of sp³-hybridized carbons (Fsp3) is 0.366. The van der Waals surface area contributed by atoms with Crippen molar-refractivity contribution in [3.05, 3.63) is 113 Å². The van der Waals surface area contributed by atoms with Gasteiger partial charge in [-0.3, -0.25) is 24.1 Å². The number of ether oxygens (including phenoxy) is 1. The highest BCUT2D eigenvalue weighted by molar-refractivity contribution is 6.31. The molecule has 3 aromatic carbocycles. The van der Waals surface area contributed by atoms with Gasteiger partial charge in [0, 0.05) is 29.0 Å². The first-order chi connectivity index (χ1) is 23.4. The Morgan fingerprint density at radius 2 is 1.52 bits per heavy atom. The Balaban J connectivity index is 1.36. The Kier molecular flexibility index (Phi) is 7.46. The predicted octanol–water partition coefficient (Wildman–Crippen LogP) is 6.56. The van der Waals surface area contributed by atoms with Gasteiger partial charge >= 0.3 is 0 Å². The highest BCUT2D eigenvalue weighted by Gasteiger charge is 2.66. The number of phenolic OH excluding ortho intramolecular Hbond substituents is 1. The van der Waals surface area contributed by atoms with Gasteiger partial charge in [0.1, 0.15) is 0 Å². The maximum Gasteiger partial charge on any atom is 0.233 e. The zero-order valence-electron chi connectivity index (χ0n) is 27.0. The summed E-state index contributed by atoms with van der Waals surface area (Å²) in [6, 6.07) is 23.8. The number of rotatable bonds is 5. The molecule has 6 unspecified atom stereocenters. The van der Waals surface area contributed by atoms with Crippen LogP contribution in [0, 0.1) is 23.7 Å². The molecule has 2 amide bonds. The number of likely N-dealkylation sites (tertiary alicyclic amines) is 1. The van der Waals surface area contributed by atoms with Gasteiger partial charge in [0.05, 0.1) is 24.4 Å². The Labute approximate surface area is 280 Å². The molecule has 0 aromatic heterocycles. The van der Waals surface area contributed by atoms with Gasteiger partial charge in [0.25, 0.3) is 0 Å². The van der Waals surface area contributed by atoms with E-state index in [0.717, 1.165) is 37.7 Å². The number of benzene rings is 3. The van der Waals surface area contributed by atoms with E-state index in [4.69, 9.17) is 4.74 Å². The summed E-state index contributed by atoms with van der Waals surface area (Å²) in [6.45, 7) is 0. The van der Waals surface area contributed by atoms with E-state index in [0.29, 0.717) is 28.7 Å². The zero-order valence-corrected chi connectivity index (χ0v) is 27.0. The molecule has 1 N–H and O–H groups in total. The van der Waals surface area contributed by atoms with Gasteiger partial charge in [-0.25, -0.2) is 0 Å². The van der Waals surface area contributed by atoms with Crippen LogP contribution in [-0.2, 0) is 24.6 Å². The molecule has 2 saturated carbocycles. The topological polar surface area (TPSA) is 101 Å². The number of imide groups is 1. The number of hydrogen-bond acceptors (Lipinski definition) is 6. The molecule has 244 valence electrons. The second-order valence-electron chi connectivity index (χ2n) is 14.0. The number of allylic oxidation sites excluding steroid dienone is 4. The summed E-state index contributed by atoms with van der Waals surface area (Å²) in [5.74, 6) is -3.71. The van der Waals surface area contributed by atoms with E-state index in [1.54, 1.807) is 23.1 Å². The largest absolute Gasteiger partial charge is 0.504 e. The second kappa shape index (κ2) is 11.7. The molecule has 0 spiro atoms. The van der Waals surface area contributed by atoms with Gasteiger partial charge in [0.15, 0.2) is 23.1 Å². The Bertz CT molecular complexity index is 1870. The first-order valence-corrected chi connectivity index (χ1v) is 17.2. The highest BCUT2D eigenvalue weighted by Crippen LogP contribution is 2.65. The third kappa shape index (κ3) is 4.32. The maximum atomic E-state index is 15.1. The molecule has 1 heterocycles. The summed E-state index contributed by atoms with van der Waals surface area (Å²) in [5.41, 5.74) is 1.60. The lowest BCUT2D eigenvalue weighted by Crippen LogP contribution is -2.58. The van der Waals surface area contributed by atoms with Crippen LogP contribution < -0.4 is 4.74 Å². The van der Waals surface area contributed by atoms with Crippen molar-refractivity contribution in [3.63, 3.8) is 0 Å². The van der Waals surface area contributed by atoms with Crippen LogP contribution >= 0.6 is 0 Å². The van der Waals surface area contributed by atoms with Crippen LogP contribution in [0.15, 0.2) is 96.6 Å². The number of ketones is 2. The van der Waals surface area contributed by atoms with Crippen molar-refractivity contribution in [1.29, 1.82) is 0 Å². The van der Waals surface area contributed by atoms with Gasteiger partial charge in [-0.1, -0.05) is 104 Å². The Hall–Kier alpha value is -4.78. The molecule has 3 aromatic rings. The van der Waals surface area contributed by atoms with Crippen molar-refractivity contribution in [2.45, 2.75) is 62.3 Å². The van der Waals surface area contributed by atoms with E-state index < -0.39 is 35.0 Å². The molecule has 48 heavy (non-hydrogen) atoms. The summed E-state index contributed by atoms with van der Waals surface area (Å²) >= 11 is 0. The Morgan fingerprint density at radius 3 is 2.23 bits per heavy atom. The van der Waals surface area contributed by atoms with Crippen LogP contribution in [0.2, 0.25) is 0 Å². The fourth-order valence-corrected chi connectivity index (χ4v) is 9.88. The smallest absolute Gasteiger partial charge is 0.233 e. The first-order valence-electron chi connectivity index (χ1n) is 17.2. The average molecular weight is 642 g/mol. The van der Waals surface area contributed by atoms with E-state index in [9.17, 15) is 14.7 Å². The van der Waals surface area contributed by atoms with Crippen LogP contribution in [0.25, 0.3) is 5.57 Å². The molecule has 1 aliphatic heterocycles. The molecule has 4 aliphatic carbocycles. The van der Waals surface area contributed by atoms with E-state index in [2.05, 4.69) is 0 Å². The summed E-state index contributed by atoms with van der Waals surface area (Å²) in [5, 5.41) is 11.8. The number of para-hydroxylation sites is 1. The van der Waals surface area contributed by atoms with Crippen molar-refractivity contribution >= 4 is 29.0 Å².